The first kappa shape index (κ1) is 48.8. The molecule has 2 aliphatic rings. The summed E-state index contributed by atoms with van der Waals surface area (Å²) < 4.78 is 24.7. The topological polar surface area (TPSA) is 33.5 Å². The Morgan fingerprint density at radius 2 is 1.14 bits per heavy atom. The number of para-hydroxylation sites is 4. The number of aromatic nitrogens is 2. The molecule has 0 radical (unpaired) electrons. The standard InChI is InChI=1S/C71H50FN4O.Pt/c1-70(2,3)49-32-34-50(35-33-49)71(62-28-12-10-24-58(62)59-38-36-52(72)43-63(59)71)51-40-41-73-68(42-51)76-64-29-13-11-25-60(64)61-39-37-55(45-67(61)76)77-54-23-16-22-53(44-54)74-46-75(66-31-15-14-30-65(66)74)69-56(47-18-6-4-7-19-47)26-17-27-57(69)48-20-8-5-9-21-48;/h4-43,46H,1-3H3;/q-3;. The molecule has 0 amide bonds. The first-order valence-corrected chi connectivity index (χ1v) is 26.1. The van der Waals surface area contributed by atoms with Crippen LogP contribution in [0.25, 0.3) is 61.0 Å². The molecule has 14 rings (SSSR count). The zero-order chi connectivity index (χ0) is 51.8. The van der Waals surface area contributed by atoms with Crippen molar-refractivity contribution < 1.29 is 30.2 Å². The van der Waals surface area contributed by atoms with Gasteiger partial charge in [0.05, 0.1) is 5.41 Å². The van der Waals surface area contributed by atoms with Gasteiger partial charge in [-0.15, -0.1) is 48.1 Å². The van der Waals surface area contributed by atoms with Crippen LogP contribution in [0.4, 0.5) is 27.1 Å². The van der Waals surface area contributed by atoms with Crippen LogP contribution in [0, 0.1) is 24.6 Å². The van der Waals surface area contributed by atoms with E-state index < -0.39 is 5.41 Å². The summed E-state index contributed by atoms with van der Waals surface area (Å²) in [5.74, 6) is 1.51. The zero-order valence-corrected chi connectivity index (χ0v) is 45.3. The summed E-state index contributed by atoms with van der Waals surface area (Å²) in [7, 11) is 0. The number of rotatable bonds is 9. The quantitative estimate of drug-likeness (QED) is 0.135. The summed E-state index contributed by atoms with van der Waals surface area (Å²) in [5.41, 5.74) is 16.8. The van der Waals surface area contributed by atoms with Crippen molar-refractivity contribution in [2.75, 3.05) is 9.80 Å². The average Bonchev–Trinajstić information content (AvgIpc) is 4.08. The predicted molar refractivity (Wildman–Crippen MR) is 311 cm³/mol. The molecule has 2 aromatic heterocycles. The molecule has 3 heterocycles. The summed E-state index contributed by atoms with van der Waals surface area (Å²) in [4.78, 5) is 9.61. The Hall–Kier alpha value is -8.83. The molecule has 0 spiro atoms. The van der Waals surface area contributed by atoms with Gasteiger partial charge in [0.25, 0.3) is 0 Å². The Kier molecular flexibility index (Phi) is 12.1. The molecule has 1 aliphatic carbocycles. The van der Waals surface area contributed by atoms with Gasteiger partial charge in [0.15, 0.2) is 0 Å². The zero-order valence-electron chi connectivity index (χ0n) is 43.1. The molecule has 10 aromatic carbocycles. The van der Waals surface area contributed by atoms with E-state index in [4.69, 9.17) is 9.72 Å². The van der Waals surface area contributed by atoms with Crippen molar-refractivity contribution in [3.05, 3.63) is 295 Å². The Labute approximate surface area is 468 Å². The Morgan fingerprint density at radius 1 is 0.513 bits per heavy atom. The van der Waals surface area contributed by atoms with Gasteiger partial charge in [-0.05, 0) is 103 Å². The van der Waals surface area contributed by atoms with Crippen molar-refractivity contribution in [2.45, 2.75) is 31.6 Å². The molecule has 0 fully saturated rings. The number of hydrogen-bond acceptors (Lipinski definition) is 4. The molecule has 0 saturated carbocycles. The Balaban J connectivity index is 0.00000579. The molecule has 1 unspecified atom stereocenters. The third-order valence-electron chi connectivity index (χ3n) is 15.5. The molecule has 0 saturated heterocycles. The fraction of sp³-hybridized carbons (Fsp3) is 0.0704. The summed E-state index contributed by atoms with van der Waals surface area (Å²) in [6.45, 7) is 8.85. The van der Waals surface area contributed by atoms with E-state index in [0.29, 0.717) is 17.3 Å². The summed E-state index contributed by atoms with van der Waals surface area (Å²) in [5, 5.41) is 2.08. The maximum Gasteiger partial charge on any atom is 0.135 e. The van der Waals surface area contributed by atoms with Crippen LogP contribution in [0.2, 0.25) is 0 Å². The third-order valence-corrected chi connectivity index (χ3v) is 15.5. The second-order valence-electron chi connectivity index (χ2n) is 20.9. The molecule has 0 N–H and O–H groups in total. The molecule has 380 valence electrons. The number of ether oxygens (including phenoxy) is 1. The van der Waals surface area contributed by atoms with E-state index in [1.54, 1.807) is 12.1 Å². The number of fused-ring (bicyclic) bond motifs is 7. The van der Waals surface area contributed by atoms with Gasteiger partial charge in [0.1, 0.15) is 11.6 Å². The number of nitrogens with zero attached hydrogens (tertiary/aromatic N) is 4. The van der Waals surface area contributed by atoms with Crippen LogP contribution in [0.15, 0.2) is 243 Å². The molecule has 78 heavy (non-hydrogen) atoms. The Morgan fingerprint density at radius 3 is 1.88 bits per heavy atom. The van der Waals surface area contributed by atoms with Crippen LogP contribution in [0.1, 0.15) is 48.6 Å². The van der Waals surface area contributed by atoms with Gasteiger partial charge in [0, 0.05) is 72.5 Å². The summed E-state index contributed by atoms with van der Waals surface area (Å²) >= 11 is 0. The molecule has 1 atom stereocenters. The second kappa shape index (κ2) is 19.3. The van der Waals surface area contributed by atoms with E-state index in [9.17, 15) is 0 Å². The van der Waals surface area contributed by atoms with E-state index in [2.05, 4.69) is 254 Å². The minimum Gasteiger partial charge on any atom is -0.509 e. The summed E-state index contributed by atoms with van der Waals surface area (Å²) in [6.07, 6.45) is 1.88. The van der Waals surface area contributed by atoms with Crippen LogP contribution >= 0.6 is 0 Å². The van der Waals surface area contributed by atoms with Gasteiger partial charge < -0.3 is 19.1 Å². The largest absolute Gasteiger partial charge is 0.509 e. The van der Waals surface area contributed by atoms with Crippen LogP contribution in [-0.4, -0.2) is 9.55 Å². The second-order valence-corrected chi connectivity index (χ2v) is 20.9. The van der Waals surface area contributed by atoms with Gasteiger partial charge in [-0.25, -0.2) is 9.37 Å². The van der Waals surface area contributed by atoms with Crippen molar-refractivity contribution in [3.63, 3.8) is 0 Å². The van der Waals surface area contributed by atoms with Crippen molar-refractivity contribution in [1.82, 2.24) is 9.55 Å². The van der Waals surface area contributed by atoms with E-state index in [0.717, 1.165) is 100 Å². The fourth-order valence-corrected chi connectivity index (χ4v) is 11.9. The van der Waals surface area contributed by atoms with Gasteiger partial charge in [-0.3, -0.25) is 0 Å². The van der Waals surface area contributed by atoms with Gasteiger partial charge in [-0.2, -0.15) is 12.1 Å². The van der Waals surface area contributed by atoms with Gasteiger partial charge in [-0.1, -0.05) is 190 Å². The van der Waals surface area contributed by atoms with E-state index >= 15 is 4.39 Å². The first-order valence-electron chi connectivity index (χ1n) is 26.1. The van der Waals surface area contributed by atoms with Gasteiger partial charge in [0.2, 0.25) is 0 Å². The predicted octanol–water partition coefficient (Wildman–Crippen LogP) is 18.1. The number of anilines is 4. The molecule has 7 heteroatoms. The van der Waals surface area contributed by atoms with E-state index in [1.165, 1.54) is 5.56 Å². The van der Waals surface area contributed by atoms with Crippen molar-refractivity contribution >= 4 is 44.6 Å². The third kappa shape index (κ3) is 7.96. The molecule has 1 aliphatic heterocycles. The molecule has 12 aromatic rings. The molecular formula is C71H50FN4OPt-3. The normalized spacial score (nSPS) is 14.5. The molecule has 5 nitrogen and oxygen atoms in total. The van der Waals surface area contributed by atoms with E-state index in [-0.39, 0.29) is 32.3 Å². The van der Waals surface area contributed by atoms with Crippen LogP contribution in [0.3, 0.4) is 0 Å². The SMILES string of the molecule is CC(C)(C)c1ccc(C2(c3ccnc(-n4c5[c-]c(Oc6[c-]c(N7[CH-]N(c8c(-c9ccccc9)cccc8-c8ccccc8)c8ccccc87)ccc6)ccc5c5ccccc54)c3)c3ccccc3-c3ccc(F)cc32)cc1.[Pt]. The van der Waals surface area contributed by atoms with Crippen LogP contribution in [-0.2, 0) is 31.9 Å². The average molecular weight is 1190 g/mol. The van der Waals surface area contributed by atoms with Crippen LogP contribution in [0.5, 0.6) is 11.5 Å². The number of benzene rings is 10. The minimum absolute atomic E-state index is 0. The van der Waals surface area contributed by atoms with Crippen molar-refractivity contribution in [1.29, 1.82) is 0 Å². The van der Waals surface area contributed by atoms with Crippen molar-refractivity contribution in [2.24, 2.45) is 0 Å². The van der Waals surface area contributed by atoms with Gasteiger partial charge >= 0.3 is 0 Å². The van der Waals surface area contributed by atoms with Crippen LogP contribution < -0.4 is 14.5 Å². The first-order chi connectivity index (χ1) is 37.7. The fourth-order valence-electron chi connectivity index (χ4n) is 11.9. The van der Waals surface area contributed by atoms with E-state index in [1.807, 2.05) is 30.5 Å². The number of halogens is 1. The summed E-state index contributed by atoms with van der Waals surface area (Å²) in [6, 6.07) is 88.9. The smallest absolute Gasteiger partial charge is 0.135 e. The number of hydrogen-bond donors (Lipinski definition) is 0. The maximum atomic E-state index is 15.8. The number of pyridine rings is 1. The molecular weight excluding hydrogens is 1140 g/mol. The molecule has 0 bridgehead atoms. The minimum atomic E-state index is -0.848. The maximum absolute atomic E-state index is 15.8. The monoisotopic (exact) mass is 1190 g/mol. The van der Waals surface area contributed by atoms with Crippen molar-refractivity contribution in [3.8, 4) is 50.7 Å². The Bertz CT molecular complexity index is 4190.